The summed E-state index contributed by atoms with van der Waals surface area (Å²) in [4.78, 5) is 14.9. The summed E-state index contributed by atoms with van der Waals surface area (Å²) in [6.07, 6.45) is 0.648. The second kappa shape index (κ2) is 10.7. The lowest BCUT2D eigenvalue weighted by Gasteiger charge is -2.37. The largest absolute Gasteiger partial charge is 0.493 e. The van der Waals surface area contributed by atoms with Crippen molar-refractivity contribution in [1.29, 1.82) is 0 Å². The first-order chi connectivity index (χ1) is 16.5. The smallest absolute Gasteiger partial charge is 0.261 e. The van der Waals surface area contributed by atoms with Crippen LogP contribution in [0.1, 0.15) is 17.2 Å². The Morgan fingerprint density at radius 2 is 1.59 bits per heavy atom. The van der Waals surface area contributed by atoms with Crippen molar-refractivity contribution in [3.8, 4) is 23.0 Å². The molecule has 0 bridgehead atoms. The van der Waals surface area contributed by atoms with Gasteiger partial charge in [-0.1, -0.05) is 11.6 Å². The fraction of sp³-hybridized carbons (Fsp3) is 0.269. The van der Waals surface area contributed by atoms with E-state index in [0.29, 0.717) is 41.0 Å². The summed E-state index contributed by atoms with van der Waals surface area (Å²) < 4.78 is 35.9. The molecule has 0 radical (unpaired) electrons. The average Bonchev–Trinajstić information content (AvgIpc) is 2.86. The maximum absolute atomic E-state index is 13.3. The van der Waals surface area contributed by atoms with Crippen LogP contribution in [-0.4, -0.2) is 44.8 Å². The summed E-state index contributed by atoms with van der Waals surface area (Å²) in [6.45, 7) is 0.543. The molecule has 4 rings (SSSR count). The molecule has 6 nitrogen and oxygen atoms in total. The molecule has 0 aliphatic carbocycles. The highest BCUT2D eigenvalue weighted by molar-refractivity contribution is 6.30. The number of carbonyl (C=O) groups excluding carboxylic acids is 1. The number of fused-ring (bicyclic) bond motifs is 1. The number of carbonyl (C=O) groups is 1. The standard InChI is InChI=1S/C26H25ClFNO5/c1-31-24-13-17-11-12-29(26(30)16-34-20-7-3-18(27)4-8-20)23(22(17)14-25(24)32-2)15-33-21-9-5-19(28)6-10-21/h3-10,13-14,23H,11-12,15-16H2,1-2H3/t23-/m1/s1. The molecule has 0 fully saturated rings. The molecular formula is C26H25ClFNO5. The van der Waals surface area contributed by atoms with E-state index in [2.05, 4.69) is 0 Å². The lowest BCUT2D eigenvalue weighted by Crippen LogP contribution is -2.44. The van der Waals surface area contributed by atoms with E-state index in [1.807, 2.05) is 12.1 Å². The van der Waals surface area contributed by atoms with Gasteiger partial charge in [0.2, 0.25) is 0 Å². The Labute approximate surface area is 202 Å². The van der Waals surface area contributed by atoms with Crippen molar-refractivity contribution in [2.24, 2.45) is 0 Å². The Balaban J connectivity index is 1.58. The number of benzene rings is 3. The van der Waals surface area contributed by atoms with Crippen LogP contribution in [0.4, 0.5) is 4.39 Å². The second-order valence-corrected chi connectivity index (χ2v) is 8.20. The molecule has 0 saturated heterocycles. The number of amides is 1. The molecule has 0 aromatic heterocycles. The lowest BCUT2D eigenvalue weighted by atomic mass is 9.92. The maximum atomic E-state index is 13.3. The summed E-state index contributed by atoms with van der Waals surface area (Å²) in [5, 5.41) is 0.591. The van der Waals surface area contributed by atoms with Gasteiger partial charge in [-0.25, -0.2) is 4.39 Å². The van der Waals surface area contributed by atoms with Gasteiger partial charge in [-0.05, 0) is 78.2 Å². The van der Waals surface area contributed by atoms with Gasteiger partial charge in [0, 0.05) is 11.6 Å². The molecule has 8 heteroatoms. The Kier molecular flexibility index (Phi) is 7.43. The van der Waals surface area contributed by atoms with E-state index in [9.17, 15) is 9.18 Å². The number of ether oxygens (including phenoxy) is 4. The minimum Gasteiger partial charge on any atom is -0.493 e. The monoisotopic (exact) mass is 485 g/mol. The van der Waals surface area contributed by atoms with E-state index in [1.165, 1.54) is 12.1 Å². The Morgan fingerprint density at radius 1 is 0.971 bits per heavy atom. The predicted octanol–water partition coefficient (Wildman–Crippen LogP) is 5.08. The highest BCUT2D eigenvalue weighted by Crippen LogP contribution is 2.38. The van der Waals surface area contributed by atoms with E-state index in [-0.39, 0.29) is 24.9 Å². The van der Waals surface area contributed by atoms with Crippen LogP contribution in [-0.2, 0) is 11.2 Å². The van der Waals surface area contributed by atoms with Crippen LogP contribution in [0.3, 0.4) is 0 Å². The van der Waals surface area contributed by atoms with E-state index >= 15 is 0 Å². The fourth-order valence-corrected chi connectivity index (χ4v) is 4.10. The SMILES string of the molecule is COc1cc2c(cc1OC)[C@@H](COc1ccc(F)cc1)N(C(=O)COc1ccc(Cl)cc1)CC2. The molecule has 1 aliphatic rings. The van der Waals surface area contributed by atoms with Crippen LogP contribution in [0.15, 0.2) is 60.7 Å². The van der Waals surface area contributed by atoms with Crippen molar-refractivity contribution >= 4 is 17.5 Å². The van der Waals surface area contributed by atoms with Crippen LogP contribution in [0.2, 0.25) is 5.02 Å². The van der Waals surface area contributed by atoms with E-state index in [1.54, 1.807) is 55.5 Å². The Morgan fingerprint density at radius 3 is 2.26 bits per heavy atom. The lowest BCUT2D eigenvalue weighted by molar-refractivity contribution is -0.137. The molecule has 0 N–H and O–H groups in total. The fourth-order valence-electron chi connectivity index (χ4n) is 3.97. The van der Waals surface area contributed by atoms with Crippen molar-refractivity contribution in [3.63, 3.8) is 0 Å². The van der Waals surface area contributed by atoms with Crippen molar-refractivity contribution in [2.75, 3.05) is 34.0 Å². The number of rotatable bonds is 8. The zero-order valence-corrected chi connectivity index (χ0v) is 19.7. The summed E-state index contributed by atoms with van der Waals surface area (Å²) in [5.74, 6) is 1.75. The molecule has 178 valence electrons. The minimum atomic E-state index is -0.394. The maximum Gasteiger partial charge on any atom is 0.261 e. The molecule has 3 aromatic carbocycles. The Bertz CT molecular complexity index is 1140. The molecule has 3 aromatic rings. The summed E-state index contributed by atoms with van der Waals surface area (Å²) >= 11 is 5.92. The number of hydrogen-bond donors (Lipinski definition) is 0. The molecule has 0 unspecified atom stereocenters. The highest BCUT2D eigenvalue weighted by Gasteiger charge is 2.33. The molecular weight excluding hydrogens is 461 g/mol. The van der Waals surface area contributed by atoms with E-state index in [0.717, 1.165) is 11.1 Å². The first kappa shape index (κ1) is 23.7. The zero-order chi connectivity index (χ0) is 24.1. The number of methoxy groups -OCH3 is 2. The molecule has 0 saturated carbocycles. The minimum absolute atomic E-state index is 0.128. The molecule has 34 heavy (non-hydrogen) atoms. The van der Waals surface area contributed by atoms with Crippen LogP contribution in [0.25, 0.3) is 0 Å². The average molecular weight is 486 g/mol. The molecule has 1 aliphatic heterocycles. The first-order valence-corrected chi connectivity index (χ1v) is 11.2. The van der Waals surface area contributed by atoms with Gasteiger partial charge in [-0.3, -0.25) is 4.79 Å². The van der Waals surface area contributed by atoms with Crippen molar-refractivity contribution in [3.05, 3.63) is 82.6 Å². The third-order valence-corrected chi connectivity index (χ3v) is 5.97. The van der Waals surface area contributed by atoms with Crippen LogP contribution in [0.5, 0.6) is 23.0 Å². The summed E-state index contributed by atoms with van der Waals surface area (Å²) in [6, 6.07) is 16.1. The number of nitrogens with zero attached hydrogens (tertiary/aromatic N) is 1. The zero-order valence-electron chi connectivity index (χ0n) is 18.9. The van der Waals surface area contributed by atoms with Crippen LogP contribution < -0.4 is 18.9 Å². The molecule has 1 heterocycles. The second-order valence-electron chi connectivity index (χ2n) is 7.77. The summed E-state index contributed by atoms with van der Waals surface area (Å²) in [5.41, 5.74) is 1.96. The number of hydrogen-bond acceptors (Lipinski definition) is 5. The van der Waals surface area contributed by atoms with Crippen LogP contribution in [0, 0.1) is 5.82 Å². The van der Waals surface area contributed by atoms with Gasteiger partial charge in [0.25, 0.3) is 5.91 Å². The van der Waals surface area contributed by atoms with Gasteiger partial charge in [-0.15, -0.1) is 0 Å². The molecule has 1 atom stereocenters. The topological polar surface area (TPSA) is 57.2 Å². The van der Waals surface area contributed by atoms with Gasteiger partial charge in [-0.2, -0.15) is 0 Å². The first-order valence-electron chi connectivity index (χ1n) is 10.8. The van der Waals surface area contributed by atoms with Crippen molar-refractivity contribution < 1.29 is 28.1 Å². The van der Waals surface area contributed by atoms with E-state index in [4.69, 9.17) is 30.5 Å². The van der Waals surface area contributed by atoms with Gasteiger partial charge in [0.05, 0.1) is 20.3 Å². The van der Waals surface area contributed by atoms with Crippen molar-refractivity contribution in [1.82, 2.24) is 4.90 Å². The number of halogens is 2. The predicted molar refractivity (Wildman–Crippen MR) is 127 cm³/mol. The van der Waals surface area contributed by atoms with Crippen molar-refractivity contribution in [2.45, 2.75) is 12.5 Å². The highest BCUT2D eigenvalue weighted by atomic mass is 35.5. The normalized spacial score (nSPS) is 14.8. The molecule has 0 spiro atoms. The van der Waals surface area contributed by atoms with E-state index < -0.39 is 6.04 Å². The van der Waals surface area contributed by atoms with Crippen LogP contribution >= 0.6 is 11.6 Å². The van der Waals surface area contributed by atoms with Gasteiger partial charge < -0.3 is 23.8 Å². The molecule has 1 amide bonds. The third kappa shape index (κ3) is 5.37. The third-order valence-electron chi connectivity index (χ3n) is 5.72. The Hall–Kier alpha value is -3.45. The summed E-state index contributed by atoms with van der Waals surface area (Å²) in [7, 11) is 3.16. The quantitative estimate of drug-likeness (QED) is 0.445. The van der Waals surface area contributed by atoms with Gasteiger partial charge in [0.1, 0.15) is 23.9 Å². The van der Waals surface area contributed by atoms with Gasteiger partial charge >= 0.3 is 0 Å². The van der Waals surface area contributed by atoms with Gasteiger partial charge in [0.15, 0.2) is 18.1 Å².